The van der Waals surface area contributed by atoms with Crippen LogP contribution in [0.5, 0.6) is 5.75 Å². The Hall–Kier alpha value is -1.44. The lowest BCUT2D eigenvalue weighted by Crippen LogP contribution is -1.94. The van der Waals surface area contributed by atoms with Crippen LogP contribution < -0.4 is 5.73 Å². The summed E-state index contributed by atoms with van der Waals surface area (Å²) in [6, 6.07) is 3.56. The van der Waals surface area contributed by atoms with Gasteiger partial charge in [-0.2, -0.15) is 0 Å². The Kier molecular flexibility index (Phi) is 4.78. The molecule has 0 aliphatic rings. The Bertz CT molecular complexity index is 305. The van der Waals surface area contributed by atoms with Gasteiger partial charge in [-0.15, -0.1) is 13.2 Å². The van der Waals surface area contributed by atoms with E-state index in [0.717, 1.165) is 16.8 Å². The van der Waals surface area contributed by atoms with Gasteiger partial charge in [0.2, 0.25) is 0 Å². The molecule has 0 saturated carbocycles. The number of rotatable bonds is 1. The maximum atomic E-state index is 9.53. The van der Waals surface area contributed by atoms with Gasteiger partial charge in [0.1, 0.15) is 5.75 Å². The van der Waals surface area contributed by atoms with Gasteiger partial charge < -0.3 is 10.8 Å². The summed E-state index contributed by atoms with van der Waals surface area (Å²) in [7, 11) is 0. The summed E-state index contributed by atoms with van der Waals surface area (Å²) in [5.41, 5.74) is 8.31. The van der Waals surface area contributed by atoms with Gasteiger partial charge in [0.05, 0.1) is 0 Å². The van der Waals surface area contributed by atoms with Gasteiger partial charge in [0, 0.05) is 5.69 Å². The van der Waals surface area contributed by atoms with Crippen molar-refractivity contribution in [3.63, 3.8) is 0 Å². The maximum absolute atomic E-state index is 9.53. The zero-order chi connectivity index (χ0) is 11.3. The maximum Gasteiger partial charge on any atom is 0.119 e. The van der Waals surface area contributed by atoms with E-state index >= 15 is 0 Å². The second kappa shape index (κ2) is 5.32. The second-order valence-electron chi connectivity index (χ2n) is 3.42. The topological polar surface area (TPSA) is 46.2 Å². The van der Waals surface area contributed by atoms with Crippen molar-refractivity contribution in [3.05, 3.63) is 36.4 Å². The lowest BCUT2D eigenvalue weighted by atomic mass is 9.99. The molecule has 0 radical (unpaired) electrons. The van der Waals surface area contributed by atoms with Crippen LogP contribution in [0.4, 0.5) is 5.69 Å². The first-order valence-electron chi connectivity index (χ1n) is 4.61. The van der Waals surface area contributed by atoms with Crippen molar-refractivity contribution in [2.45, 2.75) is 26.7 Å². The van der Waals surface area contributed by atoms with E-state index in [1.54, 1.807) is 6.07 Å². The van der Waals surface area contributed by atoms with E-state index in [-0.39, 0.29) is 0 Å². The number of hydrogen-bond donors (Lipinski definition) is 2. The molecular weight excluding hydrogens is 174 g/mol. The fourth-order valence-corrected chi connectivity index (χ4v) is 1.19. The molecule has 0 aromatic heterocycles. The number of nitrogens with two attached hydrogens (primary N) is 1. The standard InChI is InChI=1S/C10H15NO.C2H4/c1-6(2)8-5-9(11)7(3)4-10(8)12;1-2/h4-6,12H,11H2,1-3H3;1-2H2. The van der Waals surface area contributed by atoms with E-state index in [4.69, 9.17) is 5.73 Å². The Morgan fingerprint density at radius 2 is 1.79 bits per heavy atom. The Balaban J connectivity index is 0.000000791. The largest absolute Gasteiger partial charge is 0.508 e. The summed E-state index contributed by atoms with van der Waals surface area (Å²) in [4.78, 5) is 0. The van der Waals surface area contributed by atoms with Gasteiger partial charge in [-0.25, -0.2) is 0 Å². The van der Waals surface area contributed by atoms with Crippen LogP contribution in [0.3, 0.4) is 0 Å². The van der Waals surface area contributed by atoms with Crippen molar-refractivity contribution in [2.75, 3.05) is 5.73 Å². The molecule has 2 nitrogen and oxygen atoms in total. The van der Waals surface area contributed by atoms with E-state index in [1.165, 1.54) is 0 Å². The van der Waals surface area contributed by atoms with Crippen molar-refractivity contribution in [2.24, 2.45) is 0 Å². The second-order valence-corrected chi connectivity index (χ2v) is 3.42. The van der Waals surface area contributed by atoms with Crippen LogP contribution >= 0.6 is 0 Å². The number of phenolic OH excluding ortho intramolecular Hbond substituents is 1. The molecule has 0 unspecified atom stereocenters. The number of anilines is 1. The van der Waals surface area contributed by atoms with Crippen molar-refractivity contribution < 1.29 is 5.11 Å². The molecule has 0 saturated heterocycles. The molecule has 0 heterocycles. The summed E-state index contributed by atoms with van der Waals surface area (Å²) in [5, 5.41) is 9.53. The van der Waals surface area contributed by atoms with Crippen LogP contribution in [0.25, 0.3) is 0 Å². The van der Waals surface area contributed by atoms with Gasteiger partial charge in [0.15, 0.2) is 0 Å². The van der Waals surface area contributed by atoms with Crippen molar-refractivity contribution in [3.8, 4) is 5.75 Å². The number of benzene rings is 1. The van der Waals surface area contributed by atoms with Crippen molar-refractivity contribution in [1.82, 2.24) is 0 Å². The lowest BCUT2D eigenvalue weighted by Gasteiger charge is -2.10. The molecule has 78 valence electrons. The minimum Gasteiger partial charge on any atom is -0.508 e. The minimum atomic E-state index is 0.313. The first-order chi connectivity index (χ1) is 6.52. The van der Waals surface area contributed by atoms with Crippen LogP contribution in [0.15, 0.2) is 25.3 Å². The van der Waals surface area contributed by atoms with Gasteiger partial charge >= 0.3 is 0 Å². The fourth-order valence-electron chi connectivity index (χ4n) is 1.19. The minimum absolute atomic E-state index is 0.313. The first kappa shape index (κ1) is 12.6. The smallest absolute Gasteiger partial charge is 0.119 e. The molecule has 0 aliphatic heterocycles. The molecule has 0 bridgehead atoms. The van der Waals surface area contributed by atoms with Crippen LogP contribution in [0.2, 0.25) is 0 Å². The van der Waals surface area contributed by atoms with Crippen molar-refractivity contribution >= 4 is 5.69 Å². The highest BCUT2D eigenvalue weighted by Crippen LogP contribution is 2.29. The molecule has 0 fully saturated rings. The van der Waals surface area contributed by atoms with E-state index in [9.17, 15) is 5.11 Å². The highest BCUT2D eigenvalue weighted by Gasteiger charge is 2.07. The molecule has 1 rings (SSSR count). The average Bonchev–Trinajstić information content (AvgIpc) is 2.14. The average molecular weight is 193 g/mol. The number of aromatic hydroxyl groups is 1. The molecule has 0 atom stereocenters. The monoisotopic (exact) mass is 193 g/mol. The molecule has 1 aromatic carbocycles. The Morgan fingerprint density at radius 3 is 2.21 bits per heavy atom. The van der Waals surface area contributed by atoms with E-state index in [1.807, 2.05) is 26.8 Å². The zero-order valence-corrected chi connectivity index (χ0v) is 9.17. The van der Waals surface area contributed by atoms with Crippen LogP contribution in [-0.4, -0.2) is 5.11 Å². The molecule has 2 heteroatoms. The van der Waals surface area contributed by atoms with E-state index in [0.29, 0.717) is 11.7 Å². The molecule has 14 heavy (non-hydrogen) atoms. The summed E-state index contributed by atoms with van der Waals surface area (Å²) < 4.78 is 0. The van der Waals surface area contributed by atoms with Crippen LogP contribution in [0, 0.1) is 6.92 Å². The predicted octanol–water partition coefficient (Wildman–Crippen LogP) is 3.21. The van der Waals surface area contributed by atoms with Crippen LogP contribution in [0.1, 0.15) is 30.9 Å². The molecule has 0 amide bonds. The van der Waals surface area contributed by atoms with Gasteiger partial charge in [0.25, 0.3) is 0 Å². The summed E-state index contributed by atoms with van der Waals surface area (Å²) >= 11 is 0. The Morgan fingerprint density at radius 1 is 1.29 bits per heavy atom. The molecule has 1 aromatic rings. The van der Waals surface area contributed by atoms with Crippen molar-refractivity contribution in [1.29, 1.82) is 0 Å². The van der Waals surface area contributed by atoms with Gasteiger partial charge in [-0.1, -0.05) is 13.8 Å². The number of nitrogen functional groups attached to an aromatic ring is 1. The van der Waals surface area contributed by atoms with Gasteiger partial charge in [-0.3, -0.25) is 0 Å². The highest BCUT2D eigenvalue weighted by atomic mass is 16.3. The third-order valence-corrected chi connectivity index (χ3v) is 2.04. The quantitative estimate of drug-likeness (QED) is 0.408. The fraction of sp³-hybridized carbons (Fsp3) is 0.333. The highest BCUT2D eigenvalue weighted by molar-refractivity contribution is 5.54. The zero-order valence-electron chi connectivity index (χ0n) is 9.17. The summed E-state index contributed by atoms with van der Waals surface area (Å²) in [5.74, 6) is 0.657. The third-order valence-electron chi connectivity index (χ3n) is 2.04. The molecule has 3 N–H and O–H groups in total. The van der Waals surface area contributed by atoms with E-state index in [2.05, 4.69) is 13.2 Å². The number of hydrogen-bond acceptors (Lipinski definition) is 2. The Labute approximate surface area is 86.1 Å². The molecule has 0 spiro atoms. The number of phenols is 1. The SMILES string of the molecule is C=C.Cc1cc(O)c(C(C)C)cc1N. The summed E-state index contributed by atoms with van der Waals surface area (Å²) in [6.45, 7) is 12.0. The summed E-state index contributed by atoms with van der Waals surface area (Å²) in [6.07, 6.45) is 0. The normalized spacial score (nSPS) is 9.43. The number of aryl methyl sites for hydroxylation is 1. The van der Waals surface area contributed by atoms with E-state index < -0.39 is 0 Å². The third kappa shape index (κ3) is 2.80. The molecule has 0 aliphatic carbocycles. The molecular formula is C12H19NO. The first-order valence-corrected chi connectivity index (χ1v) is 4.61. The van der Waals surface area contributed by atoms with Crippen LogP contribution in [-0.2, 0) is 0 Å². The predicted molar refractivity (Wildman–Crippen MR) is 62.6 cm³/mol. The lowest BCUT2D eigenvalue weighted by molar-refractivity contribution is 0.464. The van der Waals surface area contributed by atoms with Gasteiger partial charge in [-0.05, 0) is 36.1 Å².